The first-order valence-corrected chi connectivity index (χ1v) is 10.9. The summed E-state index contributed by atoms with van der Waals surface area (Å²) in [6.07, 6.45) is 0.983. The predicted molar refractivity (Wildman–Crippen MR) is 124 cm³/mol. The van der Waals surface area contributed by atoms with Gasteiger partial charge in [0.05, 0.1) is 11.4 Å². The van der Waals surface area contributed by atoms with Crippen LogP contribution in [0.25, 0.3) is 11.3 Å². The fourth-order valence-electron chi connectivity index (χ4n) is 3.57. The molecule has 0 unspecified atom stereocenters. The lowest BCUT2D eigenvalue weighted by Crippen LogP contribution is -2.17. The van der Waals surface area contributed by atoms with Crippen LogP contribution in [0.1, 0.15) is 22.3 Å². The summed E-state index contributed by atoms with van der Waals surface area (Å²) >= 11 is 1.71. The Kier molecular flexibility index (Phi) is 5.77. The van der Waals surface area contributed by atoms with Gasteiger partial charge in [-0.05, 0) is 50.5 Å². The van der Waals surface area contributed by atoms with E-state index in [4.69, 9.17) is 4.99 Å². The maximum absolute atomic E-state index is 4.97. The van der Waals surface area contributed by atoms with E-state index in [-0.39, 0.29) is 0 Å². The molecule has 0 saturated heterocycles. The second kappa shape index (κ2) is 8.62. The van der Waals surface area contributed by atoms with Crippen LogP contribution in [0.3, 0.4) is 0 Å². The van der Waals surface area contributed by atoms with Gasteiger partial charge in [-0.3, -0.25) is 0 Å². The van der Waals surface area contributed by atoms with E-state index in [1.807, 2.05) is 0 Å². The lowest BCUT2D eigenvalue weighted by Gasteiger charge is -2.12. The number of hydrogen-bond donors (Lipinski definition) is 0. The van der Waals surface area contributed by atoms with Crippen LogP contribution in [-0.4, -0.2) is 4.57 Å². The molecule has 0 N–H and O–H groups in total. The molecule has 0 amide bonds. The molecule has 146 valence electrons. The minimum Gasteiger partial charge on any atom is -0.316 e. The molecular weight excluding hydrogens is 372 g/mol. The third kappa shape index (κ3) is 4.57. The van der Waals surface area contributed by atoms with Crippen LogP contribution < -0.4 is 4.80 Å². The van der Waals surface area contributed by atoms with Crippen molar-refractivity contribution in [2.75, 3.05) is 0 Å². The van der Waals surface area contributed by atoms with Crippen molar-refractivity contribution in [3.05, 3.63) is 105 Å². The summed E-state index contributed by atoms with van der Waals surface area (Å²) in [6.45, 7) is 7.35. The largest absolute Gasteiger partial charge is 0.316 e. The number of benzene rings is 3. The van der Waals surface area contributed by atoms with Gasteiger partial charge >= 0.3 is 0 Å². The number of rotatable bonds is 5. The average molecular weight is 399 g/mol. The van der Waals surface area contributed by atoms with E-state index in [1.165, 1.54) is 33.5 Å². The van der Waals surface area contributed by atoms with E-state index in [9.17, 15) is 0 Å². The van der Waals surface area contributed by atoms with E-state index < -0.39 is 0 Å². The molecule has 0 aliphatic rings. The highest BCUT2D eigenvalue weighted by Crippen LogP contribution is 2.26. The number of aromatic nitrogens is 1. The molecule has 0 aliphatic carbocycles. The molecular formula is C26H26N2S. The normalized spacial score (nSPS) is 11.8. The maximum atomic E-state index is 4.97. The zero-order chi connectivity index (χ0) is 20.2. The van der Waals surface area contributed by atoms with Crippen LogP contribution in [0.2, 0.25) is 0 Å². The van der Waals surface area contributed by atoms with Gasteiger partial charge in [-0.2, -0.15) is 0 Å². The zero-order valence-electron chi connectivity index (χ0n) is 17.2. The second-order valence-electron chi connectivity index (χ2n) is 7.56. The van der Waals surface area contributed by atoms with Crippen molar-refractivity contribution in [3.63, 3.8) is 0 Å². The highest BCUT2D eigenvalue weighted by molar-refractivity contribution is 7.07. The van der Waals surface area contributed by atoms with E-state index >= 15 is 0 Å². The molecule has 0 aliphatic heterocycles. The fraction of sp³-hybridized carbons (Fsp3) is 0.192. The smallest absolute Gasteiger partial charge is 0.190 e. The van der Waals surface area contributed by atoms with Crippen molar-refractivity contribution in [3.8, 4) is 11.3 Å². The van der Waals surface area contributed by atoms with E-state index in [0.717, 1.165) is 23.5 Å². The van der Waals surface area contributed by atoms with Gasteiger partial charge in [-0.25, -0.2) is 4.99 Å². The van der Waals surface area contributed by atoms with Crippen LogP contribution in [0, 0.1) is 20.8 Å². The fourth-order valence-corrected chi connectivity index (χ4v) is 4.51. The van der Waals surface area contributed by atoms with Crippen molar-refractivity contribution in [2.24, 2.45) is 4.99 Å². The van der Waals surface area contributed by atoms with Crippen molar-refractivity contribution >= 4 is 17.0 Å². The van der Waals surface area contributed by atoms with Crippen LogP contribution >= 0.6 is 11.3 Å². The first-order valence-electron chi connectivity index (χ1n) is 10.0. The summed E-state index contributed by atoms with van der Waals surface area (Å²) in [4.78, 5) is 6.01. The Morgan fingerprint density at radius 1 is 0.828 bits per heavy atom. The summed E-state index contributed by atoms with van der Waals surface area (Å²) in [7, 11) is 0. The number of nitrogens with zero attached hydrogens (tertiary/aromatic N) is 2. The first-order chi connectivity index (χ1) is 14.1. The van der Waals surface area contributed by atoms with E-state index in [2.05, 4.69) is 104 Å². The SMILES string of the molecule is Cc1ccc(N=c2scc(-c3ccc(C)cc3C)n2CCc2ccccc2)cc1. The molecule has 3 heteroatoms. The van der Waals surface area contributed by atoms with Gasteiger partial charge in [0.2, 0.25) is 0 Å². The lowest BCUT2D eigenvalue weighted by molar-refractivity contribution is 0.683. The van der Waals surface area contributed by atoms with Gasteiger partial charge in [0, 0.05) is 17.5 Å². The molecule has 4 rings (SSSR count). The summed E-state index contributed by atoms with van der Waals surface area (Å²) in [5.74, 6) is 0. The third-order valence-electron chi connectivity index (χ3n) is 5.18. The molecule has 0 saturated carbocycles. The number of aryl methyl sites for hydroxylation is 4. The summed E-state index contributed by atoms with van der Waals surface area (Å²) in [5, 5.41) is 2.25. The van der Waals surface area contributed by atoms with Crippen molar-refractivity contribution in [1.82, 2.24) is 4.57 Å². The molecule has 0 fully saturated rings. The Bertz CT molecular complexity index is 1170. The zero-order valence-corrected chi connectivity index (χ0v) is 18.0. The van der Waals surface area contributed by atoms with Crippen LogP contribution in [0.15, 0.2) is 83.2 Å². The number of thiazole rings is 1. The summed E-state index contributed by atoms with van der Waals surface area (Å²) in [6, 6.07) is 25.8. The monoisotopic (exact) mass is 398 g/mol. The summed E-state index contributed by atoms with van der Waals surface area (Å²) < 4.78 is 2.37. The Morgan fingerprint density at radius 2 is 1.55 bits per heavy atom. The van der Waals surface area contributed by atoms with Crippen LogP contribution in [0.4, 0.5) is 5.69 Å². The molecule has 0 atom stereocenters. The number of hydrogen-bond acceptors (Lipinski definition) is 2. The molecule has 29 heavy (non-hydrogen) atoms. The Hall–Kier alpha value is -2.91. The Balaban J connectivity index is 1.78. The highest BCUT2D eigenvalue weighted by atomic mass is 32.1. The van der Waals surface area contributed by atoms with E-state index in [0.29, 0.717) is 0 Å². The maximum Gasteiger partial charge on any atom is 0.190 e. The molecule has 4 aromatic rings. The minimum atomic E-state index is 0.904. The molecule has 0 radical (unpaired) electrons. The van der Waals surface area contributed by atoms with Crippen molar-refractivity contribution in [2.45, 2.75) is 33.7 Å². The Morgan fingerprint density at radius 3 is 2.28 bits per heavy atom. The van der Waals surface area contributed by atoms with Gasteiger partial charge in [0.15, 0.2) is 4.80 Å². The van der Waals surface area contributed by atoms with Crippen LogP contribution in [0.5, 0.6) is 0 Å². The molecule has 0 spiro atoms. The topological polar surface area (TPSA) is 17.3 Å². The van der Waals surface area contributed by atoms with Gasteiger partial charge in [0.1, 0.15) is 0 Å². The lowest BCUT2D eigenvalue weighted by atomic mass is 10.0. The van der Waals surface area contributed by atoms with Gasteiger partial charge in [-0.1, -0.05) is 71.8 Å². The third-order valence-corrected chi connectivity index (χ3v) is 6.04. The van der Waals surface area contributed by atoms with Crippen LogP contribution in [-0.2, 0) is 13.0 Å². The van der Waals surface area contributed by atoms with Crippen molar-refractivity contribution < 1.29 is 0 Å². The molecule has 2 nitrogen and oxygen atoms in total. The van der Waals surface area contributed by atoms with Gasteiger partial charge in [0.25, 0.3) is 0 Å². The van der Waals surface area contributed by atoms with Gasteiger partial charge < -0.3 is 4.57 Å². The quantitative estimate of drug-likeness (QED) is 0.359. The summed E-state index contributed by atoms with van der Waals surface area (Å²) in [5.41, 5.74) is 8.72. The predicted octanol–water partition coefficient (Wildman–Crippen LogP) is 6.62. The Labute approximate surface area is 176 Å². The average Bonchev–Trinajstić information content (AvgIpc) is 3.11. The molecule has 0 bridgehead atoms. The van der Waals surface area contributed by atoms with E-state index in [1.54, 1.807) is 11.3 Å². The van der Waals surface area contributed by atoms with Gasteiger partial charge in [-0.15, -0.1) is 11.3 Å². The standard InChI is InChI=1S/C26H26N2S/c1-19-9-12-23(13-10-19)27-26-28(16-15-22-7-5-4-6-8-22)25(18-29-26)24-14-11-20(2)17-21(24)3/h4-14,17-18H,15-16H2,1-3H3. The first kappa shape index (κ1) is 19.4. The second-order valence-corrected chi connectivity index (χ2v) is 8.39. The minimum absolute atomic E-state index is 0.904. The molecule has 1 aromatic heterocycles. The van der Waals surface area contributed by atoms with Crippen molar-refractivity contribution in [1.29, 1.82) is 0 Å². The highest BCUT2D eigenvalue weighted by Gasteiger charge is 2.11. The molecule has 1 heterocycles. The molecule has 3 aromatic carbocycles.